The lowest BCUT2D eigenvalue weighted by atomic mass is 10.0. The van der Waals surface area contributed by atoms with Gasteiger partial charge >= 0.3 is 0 Å². The second-order valence-corrected chi connectivity index (χ2v) is 8.64. The van der Waals surface area contributed by atoms with E-state index in [-0.39, 0.29) is 59.4 Å². The highest BCUT2D eigenvalue weighted by Crippen LogP contribution is 2.38. The van der Waals surface area contributed by atoms with Crippen LogP contribution in [0.5, 0.6) is 5.88 Å². The zero-order valence-electron chi connectivity index (χ0n) is 20.3. The highest BCUT2D eigenvalue weighted by molar-refractivity contribution is 5.88. The first kappa shape index (κ1) is 27.0. The van der Waals surface area contributed by atoms with E-state index in [4.69, 9.17) is 15.4 Å². The number of fused-ring (bicyclic) bond motifs is 1. The molecular formula is C23H26F4N8O3. The molecule has 0 aliphatic carbocycles. The summed E-state index contributed by atoms with van der Waals surface area (Å²) >= 11 is 0. The maximum absolute atomic E-state index is 15.2. The summed E-state index contributed by atoms with van der Waals surface area (Å²) in [6, 6.07) is 2.39. The first-order valence-corrected chi connectivity index (χ1v) is 11.7. The number of alkyl halides is 3. The van der Waals surface area contributed by atoms with Gasteiger partial charge in [-0.05, 0) is 24.1 Å². The summed E-state index contributed by atoms with van der Waals surface area (Å²) in [5.74, 6) is -1.33. The summed E-state index contributed by atoms with van der Waals surface area (Å²) in [4.78, 5) is 17.2. The van der Waals surface area contributed by atoms with Crippen molar-refractivity contribution in [1.82, 2.24) is 19.5 Å². The van der Waals surface area contributed by atoms with Crippen LogP contribution in [0.15, 0.2) is 29.5 Å². The van der Waals surface area contributed by atoms with Crippen LogP contribution in [-0.2, 0) is 4.79 Å². The molecule has 0 spiro atoms. The van der Waals surface area contributed by atoms with Crippen molar-refractivity contribution in [3.63, 3.8) is 0 Å². The van der Waals surface area contributed by atoms with E-state index in [1.807, 2.05) is 0 Å². The molecule has 1 aliphatic rings. The van der Waals surface area contributed by atoms with Crippen molar-refractivity contribution in [3.05, 3.63) is 30.2 Å². The predicted octanol–water partition coefficient (Wildman–Crippen LogP) is 3.27. The number of anilines is 2. The van der Waals surface area contributed by atoms with Crippen LogP contribution in [0.4, 0.5) is 34.9 Å². The lowest BCUT2D eigenvalue weighted by Gasteiger charge is -2.34. The first-order valence-electron chi connectivity index (χ1n) is 11.7. The molecule has 11 nitrogen and oxygen atoms in total. The van der Waals surface area contributed by atoms with Gasteiger partial charge in [-0.15, -0.1) is 5.10 Å². The standard InChI is InChI=1S/C23H26F4N8O3/c1-38-22-21-20(12-2-3-17(32-28)18(6-12)29-13(7-24)8-25)15(27)10-35(21)33-23(31-22)30-16-4-5-34(9-14(16)26)19(37)11-36/h2-3,6,10,13-14,16,28-29,36H,4-5,7-9,11H2,1H3,(H,30,33)/t14-,16+/m1/s1. The van der Waals surface area contributed by atoms with Crippen molar-refractivity contribution in [3.8, 4) is 17.0 Å². The third-order valence-corrected chi connectivity index (χ3v) is 6.23. The Bertz CT molecular complexity index is 1320. The minimum atomic E-state index is -1.47. The summed E-state index contributed by atoms with van der Waals surface area (Å²) in [5.41, 5.74) is 8.02. The number of amides is 1. The number of carbonyl (C=O) groups is 1. The molecule has 2 aromatic heterocycles. The van der Waals surface area contributed by atoms with Crippen LogP contribution in [0.2, 0.25) is 0 Å². The van der Waals surface area contributed by atoms with Gasteiger partial charge in [0.05, 0.1) is 43.2 Å². The fraction of sp³-hybridized carbons (Fsp3) is 0.435. The number of nitrogens with one attached hydrogen (secondary N) is 3. The largest absolute Gasteiger partial charge is 0.479 e. The molecule has 0 unspecified atom stereocenters. The molecule has 1 fully saturated rings. The molecule has 0 radical (unpaired) electrons. The SMILES string of the molecule is COc1nc(N[C@H]2CCN(C(=O)CO)C[C@H]2F)nn2cc(F)c(-c3ccc(N=N)c(NC(CF)CF)c3)c12. The zero-order valence-corrected chi connectivity index (χ0v) is 20.3. The molecule has 0 bridgehead atoms. The number of carbonyl (C=O) groups excluding carboxylic acids is 1. The quantitative estimate of drug-likeness (QED) is 0.229. The molecule has 4 N–H and O–H groups in total. The molecule has 15 heteroatoms. The highest BCUT2D eigenvalue weighted by atomic mass is 19.1. The molecule has 1 aliphatic heterocycles. The normalized spacial score (nSPS) is 17.6. The van der Waals surface area contributed by atoms with Crippen molar-refractivity contribution < 1.29 is 32.2 Å². The first-order chi connectivity index (χ1) is 18.3. The van der Waals surface area contributed by atoms with E-state index in [9.17, 15) is 18.0 Å². The molecule has 2 atom stereocenters. The van der Waals surface area contributed by atoms with Crippen LogP contribution >= 0.6 is 0 Å². The number of aliphatic hydroxyl groups excluding tert-OH is 1. The van der Waals surface area contributed by atoms with E-state index in [0.29, 0.717) is 0 Å². The van der Waals surface area contributed by atoms with E-state index < -0.39 is 49.9 Å². The fourth-order valence-electron chi connectivity index (χ4n) is 4.30. The van der Waals surface area contributed by atoms with Gasteiger partial charge in [-0.2, -0.15) is 10.1 Å². The number of aliphatic hydroxyl groups is 1. The lowest BCUT2D eigenvalue weighted by molar-refractivity contribution is -0.136. The number of ether oxygens (including phenoxy) is 1. The average Bonchev–Trinajstić information content (AvgIpc) is 3.27. The van der Waals surface area contributed by atoms with Gasteiger partial charge in [0.25, 0.3) is 0 Å². The number of halogens is 4. The van der Waals surface area contributed by atoms with E-state index in [0.717, 1.165) is 6.20 Å². The molecule has 1 aromatic carbocycles. The Morgan fingerprint density at radius 1 is 1.37 bits per heavy atom. The van der Waals surface area contributed by atoms with Gasteiger partial charge in [0.2, 0.25) is 17.7 Å². The minimum absolute atomic E-state index is 0.0288. The van der Waals surface area contributed by atoms with Crippen LogP contribution in [-0.4, -0.2) is 88.9 Å². The Labute approximate surface area is 214 Å². The molecule has 204 valence electrons. The number of methoxy groups -OCH3 is 1. The molecule has 1 saturated heterocycles. The van der Waals surface area contributed by atoms with Gasteiger partial charge in [-0.1, -0.05) is 6.07 Å². The second-order valence-electron chi connectivity index (χ2n) is 8.64. The monoisotopic (exact) mass is 538 g/mol. The van der Waals surface area contributed by atoms with Crippen molar-refractivity contribution in [1.29, 1.82) is 5.53 Å². The van der Waals surface area contributed by atoms with Gasteiger partial charge in [-0.25, -0.2) is 27.6 Å². The molecule has 4 rings (SSSR count). The fourth-order valence-corrected chi connectivity index (χ4v) is 4.30. The van der Waals surface area contributed by atoms with Gasteiger partial charge in [0.1, 0.15) is 37.3 Å². The Morgan fingerprint density at radius 2 is 2.13 bits per heavy atom. The maximum Gasteiger partial charge on any atom is 0.248 e. The van der Waals surface area contributed by atoms with E-state index in [2.05, 4.69) is 25.8 Å². The van der Waals surface area contributed by atoms with Gasteiger partial charge in [0.15, 0.2) is 5.82 Å². The summed E-state index contributed by atoms with van der Waals surface area (Å²) in [6.45, 7) is -2.69. The number of piperidine rings is 1. The number of hydrogen-bond acceptors (Lipinski definition) is 9. The highest BCUT2D eigenvalue weighted by Gasteiger charge is 2.32. The molecule has 3 heterocycles. The molecule has 3 aromatic rings. The minimum Gasteiger partial charge on any atom is -0.479 e. The topological polar surface area (TPSA) is 140 Å². The smallest absolute Gasteiger partial charge is 0.248 e. The van der Waals surface area contributed by atoms with Crippen LogP contribution < -0.4 is 15.4 Å². The summed E-state index contributed by atoms with van der Waals surface area (Å²) in [6.07, 6.45) is -0.160. The van der Waals surface area contributed by atoms with Crippen molar-refractivity contribution >= 4 is 28.7 Å². The predicted molar refractivity (Wildman–Crippen MR) is 130 cm³/mol. The number of hydrogen-bond donors (Lipinski definition) is 4. The number of benzene rings is 1. The third kappa shape index (κ3) is 5.32. The van der Waals surface area contributed by atoms with Crippen LogP contribution in [0.1, 0.15) is 6.42 Å². The average molecular weight is 539 g/mol. The van der Waals surface area contributed by atoms with E-state index in [1.165, 1.54) is 34.7 Å². The van der Waals surface area contributed by atoms with Crippen LogP contribution in [0.3, 0.4) is 0 Å². The molecular weight excluding hydrogens is 512 g/mol. The zero-order chi connectivity index (χ0) is 27.4. The molecule has 1 amide bonds. The number of rotatable bonds is 10. The molecule has 0 saturated carbocycles. The Balaban J connectivity index is 1.67. The van der Waals surface area contributed by atoms with Crippen molar-refractivity contribution in [2.24, 2.45) is 5.11 Å². The van der Waals surface area contributed by atoms with E-state index >= 15 is 4.39 Å². The lowest BCUT2D eigenvalue weighted by Crippen LogP contribution is -2.50. The van der Waals surface area contributed by atoms with Gasteiger partial charge < -0.3 is 25.4 Å². The second kappa shape index (κ2) is 11.6. The number of likely N-dealkylation sites (tertiary alicyclic amines) is 1. The summed E-state index contributed by atoms with van der Waals surface area (Å²) < 4.78 is 62.7. The third-order valence-electron chi connectivity index (χ3n) is 6.23. The van der Waals surface area contributed by atoms with Crippen molar-refractivity contribution in [2.45, 2.75) is 24.7 Å². The van der Waals surface area contributed by atoms with Crippen molar-refractivity contribution in [2.75, 3.05) is 50.8 Å². The molecule has 38 heavy (non-hydrogen) atoms. The van der Waals surface area contributed by atoms with Gasteiger partial charge in [0, 0.05) is 6.54 Å². The maximum atomic E-state index is 15.2. The summed E-state index contributed by atoms with van der Waals surface area (Å²) in [7, 11) is 1.32. The van der Waals surface area contributed by atoms with Crippen LogP contribution in [0.25, 0.3) is 16.6 Å². The Hall–Kier alpha value is -4.01. The van der Waals surface area contributed by atoms with Gasteiger partial charge in [-0.3, -0.25) is 4.79 Å². The van der Waals surface area contributed by atoms with E-state index in [1.54, 1.807) is 0 Å². The Kier molecular flexibility index (Phi) is 8.24. The number of aromatic nitrogens is 3. The summed E-state index contributed by atoms with van der Waals surface area (Å²) in [5, 5.41) is 22.1. The Morgan fingerprint density at radius 3 is 2.76 bits per heavy atom. The number of nitrogens with zero attached hydrogens (tertiary/aromatic N) is 5. The van der Waals surface area contributed by atoms with Crippen LogP contribution in [0, 0.1) is 11.3 Å².